The molecule has 0 radical (unpaired) electrons. The third kappa shape index (κ3) is 3.81. The molecule has 3 rings (SSSR count). The minimum absolute atomic E-state index is 0.0549. The number of hydrogen-bond acceptors (Lipinski definition) is 6. The SMILES string of the molecule is O=C(Cn1cnc(-c2cccs2)cc1=O)Nc1ccc(F)c([N+](=O)[O-])c1. The van der Waals surface area contributed by atoms with E-state index in [1.54, 1.807) is 0 Å². The van der Waals surface area contributed by atoms with E-state index in [0.717, 1.165) is 21.6 Å². The maximum Gasteiger partial charge on any atom is 0.306 e. The number of thiophene rings is 1. The number of carbonyl (C=O) groups is 1. The third-order valence-electron chi connectivity index (χ3n) is 3.39. The Bertz CT molecular complexity index is 1030. The highest BCUT2D eigenvalue weighted by Crippen LogP contribution is 2.22. The van der Waals surface area contributed by atoms with Crippen molar-refractivity contribution in [2.24, 2.45) is 0 Å². The normalized spacial score (nSPS) is 10.5. The van der Waals surface area contributed by atoms with Gasteiger partial charge in [-0.3, -0.25) is 24.3 Å². The Morgan fingerprint density at radius 1 is 1.35 bits per heavy atom. The summed E-state index contributed by atoms with van der Waals surface area (Å²) in [5, 5.41) is 15.0. The molecule has 0 unspecified atom stereocenters. The van der Waals surface area contributed by atoms with E-state index in [4.69, 9.17) is 0 Å². The van der Waals surface area contributed by atoms with Crippen LogP contribution in [-0.4, -0.2) is 20.4 Å². The van der Waals surface area contributed by atoms with Crippen molar-refractivity contribution in [3.05, 3.63) is 74.4 Å². The molecule has 26 heavy (non-hydrogen) atoms. The molecular weight excluding hydrogens is 363 g/mol. The van der Waals surface area contributed by atoms with E-state index >= 15 is 0 Å². The number of halogens is 1. The van der Waals surface area contributed by atoms with E-state index in [1.807, 2.05) is 17.5 Å². The molecular formula is C16H11FN4O4S. The van der Waals surface area contributed by atoms with E-state index in [2.05, 4.69) is 10.3 Å². The molecule has 2 heterocycles. The molecule has 0 aliphatic rings. The van der Waals surface area contributed by atoms with E-state index < -0.39 is 27.9 Å². The fourth-order valence-corrected chi connectivity index (χ4v) is 2.88. The predicted molar refractivity (Wildman–Crippen MR) is 93.5 cm³/mol. The van der Waals surface area contributed by atoms with E-state index in [1.165, 1.54) is 29.8 Å². The number of nitro benzene ring substituents is 1. The first kappa shape index (κ1) is 17.4. The van der Waals surface area contributed by atoms with Crippen LogP contribution in [0.2, 0.25) is 0 Å². The van der Waals surface area contributed by atoms with Crippen molar-refractivity contribution in [2.75, 3.05) is 5.32 Å². The minimum atomic E-state index is -1.00. The molecule has 0 saturated heterocycles. The lowest BCUT2D eigenvalue weighted by atomic mass is 10.2. The van der Waals surface area contributed by atoms with Gasteiger partial charge >= 0.3 is 5.69 Å². The van der Waals surface area contributed by atoms with Gasteiger partial charge in [0.15, 0.2) is 0 Å². The van der Waals surface area contributed by atoms with Crippen molar-refractivity contribution in [1.82, 2.24) is 9.55 Å². The van der Waals surface area contributed by atoms with Crippen LogP contribution >= 0.6 is 11.3 Å². The first-order valence-corrected chi connectivity index (χ1v) is 8.16. The molecule has 8 nitrogen and oxygen atoms in total. The number of rotatable bonds is 5. The van der Waals surface area contributed by atoms with Crippen molar-refractivity contribution in [2.45, 2.75) is 6.54 Å². The maximum atomic E-state index is 13.3. The number of nitrogens with one attached hydrogen (secondary N) is 1. The van der Waals surface area contributed by atoms with E-state index in [-0.39, 0.29) is 12.2 Å². The molecule has 0 spiro atoms. The van der Waals surface area contributed by atoms with Crippen molar-refractivity contribution >= 4 is 28.6 Å². The quantitative estimate of drug-likeness (QED) is 0.546. The number of carbonyl (C=O) groups excluding carboxylic acids is 1. The Labute approximate surface area is 149 Å². The standard InChI is InChI=1S/C16H11FN4O4S/c17-11-4-3-10(6-13(11)21(24)25)19-15(22)8-20-9-18-12(7-16(20)23)14-2-1-5-26-14/h1-7,9H,8H2,(H,19,22). The molecule has 0 fully saturated rings. The lowest BCUT2D eigenvalue weighted by molar-refractivity contribution is -0.387. The highest BCUT2D eigenvalue weighted by atomic mass is 32.1. The van der Waals surface area contributed by atoms with Crippen molar-refractivity contribution in [3.63, 3.8) is 0 Å². The van der Waals surface area contributed by atoms with Crippen LogP contribution in [0, 0.1) is 15.9 Å². The van der Waals surface area contributed by atoms with Crippen LogP contribution in [0.25, 0.3) is 10.6 Å². The monoisotopic (exact) mass is 374 g/mol. The summed E-state index contributed by atoms with van der Waals surface area (Å²) in [6.07, 6.45) is 1.25. The lowest BCUT2D eigenvalue weighted by Crippen LogP contribution is -2.27. The third-order valence-corrected chi connectivity index (χ3v) is 4.29. The van der Waals surface area contributed by atoms with Gasteiger partial charge in [-0.15, -0.1) is 11.3 Å². The van der Waals surface area contributed by atoms with Crippen LogP contribution in [-0.2, 0) is 11.3 Å². The second-order valence-electron chi connectivity index (χ2n) is 5.19. The van der Waals surface area contributed by atoms with Crippen LogP contribution in [0.5, 0.6) is 0 Å². The predicted octanol–water partition coefficient (Wildman–Crippen LogP) is 2.66. The van der Waals surface area contributed by atoms with Crippen LogP contribution in [0.4, 0.5) is 15.8 Å². The lowest BCUT2D eigenvalue weighted by Gasteiger charge is -2.08. The van der Waals surface area contributed by atoms with Gasteiger partial charge in [0.2, 0.25) is 11.7 Å². The summed E-state index contributed by atoms with van der Waals surface area (Å²) in [7, 11) is 0. The highest BCUT2D eigenvalue weighted by molar-refractivity contribution is 7.13. The molecule has 2 aromatic heterocycles. The highest BCUT2D eigenvalue weighted by Gasteiger charge is 2.15. The van der Waals surface area contributed by atoms with Gasteiger partial charge < -0.3 is 5.32 Å². The summed E-state index contributed by atoms with van der Waals surface area (Å²) < 4.78 is 14.4. The summed E-state index contributed by atoms with van der Waals surface area (Å²) in [6, 6.07) is 7.97. The van der Waals surface area contributed by atoms with Crippen molar-refractivity contribution in [1.29, 1.82) is 0 Å². The number of nitro groups is 1. The summed E-state index contributed by atoms with van der Waals surface area (Å²) in [5.41, 5.74) is -0.597. The number of nitrogens with zero attached hydrogens (tertiary/aromatic N) is 3. The largest absolute Gasteiger partial charge is 0.324 e. The van der Waals surface area contributed by atoms with Gasteiger partial charge in [0.05, 0.1) is 21.8 Å². The average Bonchev–Trinajstić information content (AvgIpc) is 3.12. The van der Waals surface area contributed by atoms with Gasteiger partial charge in [-0.05, 0) is 23.6 Å². The fourth-order valence-electron chi connectivity index (χ4n) is 2.19. The molecule has 0 saturated carbocycles. The minimum Gasteiger partial charge on any atom is -0.324 e. The van der Waals surface area contributed by atoms with Crippen molar-refractivity contribution in [3.8, 4) is 10.6 Å². The Morgan fingerprint density at radius 2 is 2.15 bits per heavy atom. The first-order chi connectivity index (χ1) is 12.4. The molecule has 0 bridgehead atoms. The molecule has 10 heteroatoms. The van der Waals surface area contributed by atoms with Gasteiger partial charge in [-0.25, -0.2) is 4.98 Å². The van der Waals surface area contributed by atoms with Crippen LogP contribution in [0.15, 0.2) is 52.9 Å². The van der Waals surface area contributed by atoms with Crippen molar-refractivity contribution < 1.29 is 14.1 Å². The summed E-state index contributed by atoms with van der Waals surface area (Å²) >= 11 is 1.44. The first-order valence-electron chi connectivity index (χ1n) is 7.28. The maximum absolute atomic E-state index is 13.3. The molecule has 1 N–H and O–H groups in total. The van der Waals surface area contributed by atoms with Crippen LogP contribution < -0.4 is 10.9 Å². The Hall–Kier alpha value is -3.40. The zero-order valence-corrected chi connectivity index (χ0v) is 13.9. The van der Waals surface area contributed by atoms with Gasteiger partial charge in [0, 0.05) is 17.8 Å². The molecule has 1 amide bonds. The molecule has 132 valence electrons. The number of benzene rings is 1. The smallest absolute Gasteiger partial charge is 0.306 e. The second kappa shape index (κ2) is 7.23. The Balaban J connectivity index is 1.73. The zero-order valence-electron chi connectivity index (χ0n) is 13.1. The summed E-state index contributed by atoms with van der Waals surface area (Å²) in [6.45, 7) is -0.332. The Kier molecular flexibility index (Phi) is 4.85. The molecule has 0 aliphatic heterocycles. The van der Waals surface area contributed by atoms with E-state index in [9.17, 15) is 24.1 Å². The molecule has 0 atom stereocenters. The number of anilines is 1. The number of amides is 1. The molecule has 0 aliphatic carbocycles. The van der Waals surface area contributed by atoms with Gasteiger partial charge in [-0.2, -0.15) is 4.39 Å². The summed E-state index contributed by atoms with van der Waals surface area (Å²) in [5.74, 6) is -1.60. The molecule has 3 aromatic rings. The molecule has 1 aromatic carbocycles. The van der Waals surface area contributed by atoms with Gasteiger partial charge in [-0.1, -0.05) is 6.07 Å². The number of aromatic nitrogens is 2. The number of hydrogen-bond donors (Lipinski definition) is 1. The van der Waals surface area contributed by atoms with Crippen LogP contribution in [0.3, 0.4) is 0 Å². The Morgan fingerprint density at radius 3 is 2.81 bits per heavy atom. The summed E-state index contributed by atoms with van der Waals surface area (Å²) in [4.78, 5) is 39.0. The van der Waals surface area contributed by atoms with Gasteiger partial charge in [0.25, 0.3) is 5.56 Å². The fraction of sp³-hybridized carbons (Fsp3) is 0.0625. The van der Waals surface area contributed by atoms with E-state index in [0.29, 0.717) is 5.69 Å². The van der Waals surface area contributed by atoms with Gasteiger partial charge in [0.1, 0.15) is 6.54 Å². The second-order valence-corrected chi connectivity index (χ2v) is 6.14. The zero-order chi connectivity index (χ0) is 18.7. The average molecular weight is 374 g/mol. The van der Waals surface area contributed by atoms with Crippen LogP contribution in [0.1, 0.15) is 0 Å². The topological polar surface area (TPSA) is 107 Å².